The maximum Gasteiger partial charge on any atom is 0.328 e. The van der Waals surface area contributed by atoms with E-state index in [1.807, 2.05) is 26.0 Å². The van der Waals surface area contributed by atoms with Gasteiger partial charge < -0.3 is 31.2 Å². The molecule has 0 fully saturated rings. The molecule has 12 nitrogen and oxygen atoms in total. The largest absolute Gasteiger partial charge is 0.466 e. The molecule has 2 heterocycles. The number of nitrogens with two attached hydrogens (primary N) is 2. The Kier molecular flexibility index (Phi) is 9.96. The minimum absolute atomic E-state index is 0.0177. The molecule has 0 spiro atoms. The minimum Gasteiger partial charge on any atom is -0.466 e. The van der Waals surface area contributed by atoms with E-state index in [-0.39, 0.29) is 37.8 Å². The van der Waals surface area contributed by atoms with Gasteiger partial charge in [0, 0.05) is 37.0 Å². The molecule has 0 aliphatic rings. The van der Waals surface area contributed by atoms with Gasteiger partial charge in [0.05, 0.1) is 18.6 Å². The number of aromatic nitrogens is 3. The van der Waals surface area contributed by atoms with Crippen LogP contribution in [0.15, 0.2) is 30.5 Å². The van der Waals surface area contributed by atoms with Gasteiger partial charge in [-0.2, -0.15) is 9.97 Å². The van der Waals surface area contributed by atoms with Crippen molar-refractivity contribution >= 4 is 46.3 Å². The molecule has 0 aliphatic carbocycles. The summed E-state index contributed by atoms with van der Waals surface area (Å²) in [6, 6.07) is 6.06. The van der Waals surface area contributed by atoms with Gasteiger partial charge in [-0.15, -0.1) is 0 Å². The first-order chi connectivity index (χ1) is 18.7. The zero-order valence-corrected chi connectivity index (χ0v) is 22.7. The predicted molar refractivity (Wildman–Crippen MR) is 148 cm³/mol. The van der Waals surface area contributed by atoms with E-state index in [4.69, 9.17) is 20.9 Å². The Morgan fingerprint density at radius 2 is 1.72 bits per heavy atom. The normalized spacial score (nSPS) is 11.6. The molecule has 5 N–H and O–H groups in total. The maximum absolute atomic E-state index is 12.9. The lowest BCUT2D eigenvalue weighted by Gasteiger charge is -2.24. The second-order valence-electron chi connectivity index (χ2n) is 8.76. The molecule has 12 heteroatoms. The fraction of sp³-hybridized carbons (Fsp3) is 0.407. The molecule has 0 saturated carbocycles. The van der Waals surface area contributed by atoms with Crippen molar-refractivity contribution in [2.75, 3.05) is 36.1 Å². The van der Waals surface area contributed by atoms with Crippen LogP contribution in [-0.2, 0) is 25.6 Å². The highest BCUT2D eigenvalue weighted by Gasteiger charge is 2.24. The number of aryl methyl sites for hydroxylation is 1. The van der Waals surface area contributed by atoms with E-state index in [2.05, 4.69) is 25.2 Å². The Bertz CT molecular complexity index is 1330. The van der Waals surface area contributed by atoms with Crippen LogP contribution in [0.25, 0.3) is 11.0 Å². The van der Waals surface area contributed by atoms with Crippen LogP contribution in [0.4, 0.5) is 17.5 Å². The number of amides is 1. The van der Waals surface area contributed by atoms with Gasteiger partial charge in [0.25, 0.3) is 5.91 Å². The zero-order valence-electron chi connectivity index (χ0n) is 22.7. The molecule has 2 aromatic heterocycles. The summed E-state index contributed by atoms with van der Waals surface area (Å²) in [4.78, 5) is 51.8. The van der Waals surface area contributed by atoms with E-state index >= 15 is 0 Å². The van der Waals surface area contributed by atoms with Crippen LogP contribution in [0.2, 0.25) is 0 Å². The second-order valence-corrected chi connectivity index (χ2v) is 8.76. The van der Waals surface area contributed by atoms with Gasteiger partial charge in [0.2, 0.25) is 5.95 Å². The average molecular weight is 538 g/mol. The van der Waals surface area contributed by atoms with Crippen molar-refractivity contribution in [1.82, 2.24) is 20.3 Å². The third-order valence-corrected chi connectivity index (χ3v) is 6.19. The Morgan fingerprint density at radius 1 is 1.03 bits per heavy atom. The van der Waals surface area contributed by atoms with Crippen molar-refractivity contribution in [2.45, 2.75) is 53.1 Å². The number of hydrogen-bond donors (Lipinski definition) is 3. The smallest absolute Gasteiger partial charge is 0.328 e. The molecule has 0 unspecified atom stereocenters. The number of ether oxygens (including phenoxy) is 2. The predicted octanol–water partition coefficient (Wildman–Crippen LogP) is 2.53. The van der Waals surface area contributed by atoms with Crippen molar-refractivity contribution in [2.24, 2.45) is 0 Å². The van der Waals surface area contributed by atoms with E-state index in [0.29, 0.717) is 29.7 Å². The van der Waals surface area contributed by atoms with Crippen LogP contribution in [0.5, 0.6) is 0 Å². The highest BCUT2D eigenvalue weighted by Crippen LogP contribution is 2.26. The van der Waals surface area contributed by atoms with E-state index in [1.54, 1.807) is 32.2 Å². The number of fused-ring (bicyclic) bond motifs is 1. The van der Waals surface area contributed by atoms with Crippen LogP contribution in [0, 0.1) is 6.92 Å². The Morgan fingerprint density at radius 3 is 2.36 bits per heavy atom. The number of nitrogen functional groups attached to an aromatic ring is 2. The highest BCUT2D eigenvalue weighted by atomic mass is 16.5. The molecule has 0 aliphatic heterocycles. The quantitative estimate of drug-likeness (QED) is 0.289. The second kappa shape index (κ2) is 13.4. The van der Waals surface area contributed by atoms with E-state index in [9.17, 15) is 14.4 Å². The van der Waals surface area contributed by atoms with Gasteiger partial charge in [0.1, 0.15) is 11.9 Å². The van der Waals surface area contributed by atoms with E-state index in [1.165, 1.54) is 0 Å². The Labute approximate surface area is 227 Å². The number of esters is 2. The van der Waals surface area contributed by atoms with Crippen molar-refractivity contribution in [3.05, 3.63) is 47.2 Å². The van der Waals surface area contributed by atoms with Crippen molar-refractivity contribution < 1.29 is 23.9 Å². The SMILES string of the molecule is CCOC(=O)CC[C@H](NC(=O)c1ccc(N(CC)Cc2cnc3nc(N)nc(N)c3c2C)cc1)C(=O)OCC. The van der Waals surface area contributed by atoms with Gasteiger partial charge in [-0.25, -0.2) is 9.78 Å². The van der Waals surface area contributed by atoms with Gasteiger partial charge in [-0.3, -0.25) is 9.59 Å². The highest BCUT2D eigenvalue weighted by molar-refractivity contribution is 5.97. The van der Waals surface area contributed by atoms with Crippen molar-refractivity contribution in [3.63, 3.8) is 0 Å². The van der Waals surface area contributed by atoms with Crippen molar-refractivity contribution in [1.29, 1.82) is 0 Å². The van der Waals surface area contributed by atoms with Gasteiger partial charge in [0.15, 0.2) is 5.65 Å². The molecule has 3 aromatic rings. The molecule has 0 saturated heterocycles. The molecule has 1 aromatic carbocycles. The number of anilines is 3. The summed E-state index contributed by atoms with van der Waals surface area (Å²) in [5.41, 5.74) is 15.4. The summed E-state index contributed by atoms with van der Waals surface area (Å²) >= 11 is 0. The summed E-state index contributed by atoms with van der Waals surface area (Å²) in [6.45, 7) is 8.97. The molecule has 1 amide bonds. The maximum atomic E-state index is 12.9. The van der Waals surface area contributed by atoms with E-state index in [0.717, 1.165) is 16.8 Å². The molecule has 3 rings (SSSR count). The van der Waals surface area contributed by atoms with Crippen LogP contribution >= 0.6 is 0 Å². The van der Waals surface area contributed by atoms with Crippen LogP contribution in [0.3, 0.4) is 0 Å². The lowest BCUT2D eigenvalue weighted by atomic mass is 10.1. The zero-order chi connectivity index (χ0) is 28.5. The van der Waals surface area contributed by atoms with E-state index < -0.39 is 23.9 Å². The number of hydrogen-bond acceptors (Lipinski definition) is 11. The standard InChI is InChI=1S/C27H35N7O5/c1-5-34(15-18-14-30-24-22(16(18)4)23(28)32-27(29)33-24)19-10-8-17(9-11-19)25(36)31-20(26(37)39-7-3)12-13-21(35)38-6-2/h8-11,14,20H,5-7,12-13,15H2,1-4H3,(H,31,36)(H4,28,29,30,32,33)/t20-/m0/s1. The number of rotatable bonds is 12. The first-order valence-corrected chi connectivity index (χ1v) is 12.8. The topological polar surface area (TPSA) is 176 Å². The monoisotopic (exact) mass is 537 g/mol. The molecular weight excluding hydrogens is 502 g/mol. The number of pyridine rings is 1. The fourth-order valence-electron chi connectivity index (χ4n) is 4.14. The number of carbonyl (C=O) groups is 3. The Hall–Kier alpha value is -4.48. The Balaban J connectivity index is 1.74. The molecular formula is C27H35N7O5. The third kappa shape index (κ3) is 7.30. The summed E-state index contributed by atoms with van der Waals surface area (Å²) in [5, 5.41) is 3.35. The number of nitrogens with one attached hydrogen (secondary N) is 1. The average Bonchev–Trinajstić information content (AvgIpc) is 2.90. The molecule has 0 radical (unpaired) electrons. The lowest BCUT2D eigenvalue weighted by molar-refractivity contribution is -0.146. The van der Waals surface area contributed by atoms with Gasteiger partial charge in [-0.05, 0) is 69.5 Å². The number of benzene rings is 1. The lowest BCUT2D eigenvalue weighted by Crippen LogP contribution is -2.42. The minimum atomic E-state index is -0.969. The summed E-state index contributed by atoms with van der Waals surface area (Å²) in [7, 11) is 0. The molecule has 1 atom stereocenters. The van der Waals surface area contributed by atoms with Gasteiger partial charge >= 0.3 is 11.9 Å². The summed E-state index contributed by atoms with van der Waals surface area (Å²) in [5.74, 6) is -1.13. The van der Waals surface area contributed by atoms with Crippen molar-refractivity contribution in [3.8, 4) is 0 Å². The third-order valence-electron chi connectivity index (χ3n) is 6.19. The summed E-state index contributed by atoms with van der Waals surface area (Å²) < 4.78 is 9.98. The summed E-state index contributed by atoms with van der Waals surface area (Å²) in [6.07, 6.45) is 1.81. The number of carbonyl (C=O) groups excluding carboxylic acids is 3. The molecule has 0 bridgehead atoms. The van der Waals surface area contributed by atoms with Crippen LogP contribution in [0.1, 0.15) is 55.1 Å². The first-order valence-electron chi connectivity index (χ1n) is 12.8. The molecule has 39 heavy (non-hydrogen) atoms. The first kappa shape index (κ1) is 29.1. The van der Waals surface area contributed by atoms with Gasteiger partial charge in [-0.1, -0.05) is 0 Å². The van der Waals surface area contributed by atoms with Crippen LogP contribution < -0.4 is 21.7 Å². The van der Waals surface area contributed by atoms with Crippen LogP contribution in [-0.4, -0.2) is 58.6 Å². The number of nitrogens with zero attached hydrogens (tertiary/aromatic N) is 4. The molecule has 208 valence electrons. The fourth-order valence-corrected chi connectivity index (χ4v) is 4.14.